The van der Waals surface area contributed by atoms with Gasteiger partial charge in [-0.1, -0.05) is 60.7 Å². The van der Waals surface area contributed by atoms with Crippen LogP contribution in [0.4, 0.5) is 0 Å². The van der Waals surface area contributed by atoms with E-state index >= 15 is 0 Å². The number of aromatic nitrogens is 2. The van der Waals surface area contributed by atoms with Gasteiger partial charge in [0.05, 0.1) is 29.8 Å². The Labute approximate surface area is 273 Å². The number of H-pyrrole nitrogens is 1. The van der Waals surface area contributed by atoms with E-state index in [0.717, 1.165) is 65.8 Å². The molecule has 1 aromatic heterocycles. The van der Waals surface area contributed by atoms with E-state index in [4.69, 9.17) is 14.6 Å². The van der Waals surface area contributed by atoms with Crippen LogP contribution in [0, 0.1) is 0 Å². The number of aliphatic hydroxyl groups is 1. The van der Waals surface area contributed by atoms with Crippen LogP contribution in [0.1, 0.15) is 79.2 Å². The summed E-state index contributed by atoms with van der Waals surface area (Å²) < 4.78 is 15.0. The smallest absolute Gasteiger partial charge is 0.326 e. The highest BCUT2D eigenvalue weighted by atomic mass is 16.7. The number of carbonyl (C=O) groups is 2. The SMILES string of the molecule is O=C(O)CCCC(=O)NCc1ccc([C@H]2O[C@@H](CN3CCC(n4c(=O)[nH]c5ccccc54)CC3)C[C@@H](c3ccc(CO)cc3)O2)cc1. The molecule has 3 heterocycles. The highest BCUT2D eigenvalue weighted by Gasteiger charge is 2.34. The second kappa shape index (κ2) is 15.1. The van der Waals surface area contributed by atoms with Crippen LogP contribution in [0.15, 0.2) is 77.6 Å². The molecule has 2 fully saturated rings. The summed E-state index contributed by atoms with van der Waals surface area (Å²) in [5, 5.41) is 21.1. The molecule has 2 aliphatic heterocycles. The van der Waals surface area contributed by atoms with Gasteiger partial charge in [-0.05, 0) is 48.1 Å². The average Bonchev–Trinajstić information content (AvgIpc) is 3.43. The summed E-state index contributed by atoms with van der Waals surface area (Å²) in [6.07, 6.45) is 2.02. The first-order valence-electron chi connectivity index (χ1n) is 16.4. The summed E-state index contributed by atoms with van der Waals surface area (Å²) in [5.74, 6) is -1.08. The minimum Gasteiger partial charge on any atom is -0.481 e. The molecule has 1 amide bonds. The Morgan fingerprint density at radius 3 is 2.32 bits per heavy atom. The number of ether oxygens (including phenoxy) is 2. The van der Waals surface area contributed by atoms with Crippen molar-refractivity contribution in [3.8, 4) is 0 Å². The van der Waals surface area contributed by atoms with Gasteiger partial charge in [-0.2, -0.15) is 0 Å². The molecule has 0 aliphatic carbocycles. The number of aliphatic hydroxyl groups excluding tert-OH is 1. The predicted molar refractivity (Wildman–Crippen MR) is 175 cm³/mol. The fourth-order valence-electron chi connectivity index (χ4n) is 6.60. The van der Waals surface area contributed by atoms with Crippen molar-refractivity contribution >= 4 is 22.9 Å². The molecular formula is C36H42N4O7. The lowest BCUT2D eigenvalue weighted by Gasteiger charge is -2.40. The zero-order valence-electron chi connectivity index (χ0n) is 26.3. The number of benzene rings is 3. The van der Waals surface area contributed by atoms with Gasteiger partial charge in [0.25, 0.3) is 0 Å². The van der Waals surface area contributed by atoms with Crippen LogP contribution in [-0.2, 0) is 32.2 Å². The van der Waals surface area contributed by atoms with Crippen LogP contribution >= 0.6 is 0 Å². The van der Waals surface area contributed by atoms with Gasteiger partial charge in [-0.3, -0.25) is 14.2 Å². The van der Waals surface area contributed by atoms with E-state index < -0.39 is 12.3 Å². The van der Waals surface area contributed by atoms with Gasteiger partial charge >= 0.3 is 11.7 Å². The second-order valence-corrected chi connectivity index (χ2v) is 12.5. The number of aliphatic carboxylic acids is 1. The van der Waals surface area contributed by atoms with Crippen LogP contribution < -0.4 is 11.0 Å². The summed E-state index contributed by atoms with van der Waals surface area (Å²) in [6, 6.07) is 23.6. The third kappa shape index (κ3) is 8.17. The number of carboxylic acid groups (broad SMARTS) is 1. The topological polar surface area (TPSA) is 146 Å². The molecule has 0 bridgehead atoms. The molecule has 4 N–H and O–H groups in total. The quantitative estimate of drug-likeness (QED) is 0.176. The number of likely N-dealkylation sites (tertiary alicyclic amines) is 1. The van der Waals surface area contributed by atoms with E-state index in [1.165, 1.54) is 0 Å². The van der Waals surface area contributed by atoms with Crippen molar-refractivity contribution < 1.29 is 29.3 Å². The summed E-state index contributed by atoms with van der Waals surface area (Å²) in [7, 11) is 0. The fraction of sp³-hybridized carbons (Fsp3) is 0.417. The summed E-state index contributed by atoms with van der Waals surface area (Å²) in [4.78, 5) is 41.0. The third-order valence-corrected chi connectivity index (χ3v) is 9.16. The monoisotopic (exact) mass is 642 g/mol. The Kier molecular flexibility index (Phi) is 10.5. The van der Waals surface area contributed by atoms with Gasteiger partial charge < -0.3 is 34.9 Å². The maximum atomic E-state index is 12.8. The molecule has 0 radical (unpaired) electrons. The van der Waals surface area contributed by atoms with Gasteiger partial charge in [0.15, 0.2) is 6.29 Å². The highest BCUT2D eigenvalue weighted by Crippen LogP contribution is 2.38. The molecular weight excluding hydrogens is 600 g/mol. The Bertz CT molecular complexity index is 1710. The highest BCUT2D eigenvalue weighted by molar-refractivity contribution is 5.76. The standard InChI is InChI=1S/C36H42N4O7/c41-23-25-10-12-26(13-11-25)32-20-29(22-39-18-16-28(17-19-39)40-31-5-2-1-4-30(31)38-36(40)45)46-35(47-32)27-14-8-24(9-15-27)21-37-33(42)6-3-7-34(43)44/h1-2,4-5,8-15,28-29,32,35,41H,3,6-7,16-23H2,(H,37,42)(H,38,45)(H,43,44)/t29-,32+,35+/m1/s1. The summed E-state index contributed by atoms with van der Waals surface area (Å²) in [6.45, 7) is 2.79. The maximum Gasteiger partial charge on any atom is 0.326 e. The maximum absolute atomic E-state index is 12.8. The first-order valence-corrected chi connectivity index (χ1v) is 16.4. The number of rotatable bonds is 12. The minimum absolute atomic E-state index is 0.0179. The van der Waals surface area contributed by atoms with Crippen molar-refractivity contribution in [1.82, 2.24) is 19.8 Å². The van der Waals surface area contributed by atoms with Crippen LogP contribution in [0.3, 0.4) is 0 Å². The zero-order valence-corrected chi connectivity index (χ0v) is 26.3. The van der Waals surface area contributed by atoms with E-state index in [1.807, 2.05) is 77.4 Å². The number of nitrogens with one attached hydrogen (secondary N) is 2. The van der Waals surface area contributed by atoms with E-state index in [9.17, 15) is 19.5 Å². The minimum atomic E-state index is -0.906. The van der Waals surface area contributed by atoms with E-state index in [2.05, 4.69) is 15.2 Å². The van der Waals surface area contributed by atoms with Gasteiger partial charge in [-0.15, -0.1) is 0 Å². The number of aromatic amines is 1. The molecule has 11 nitrogen and oxygen atoms in total. The van der Waals surface area contributed by atoms with Crippen molar-refractivity contribution in [2.24, 2.45) is 0 Å². The van der Waals surface area contributed by atoms with Gasteiger partial charge in [0.1, 0.15) is 0 Å². The number of nitrogens with zero attached hydrogens (tertiary/aromatic N) is 2. The largest absolute Gasteiger partial charge is 0.481 e. The van der Waals surface area contributed by atoms with E-state index in [0.29, 0.717) is 19.4 Å². The number of hydrogen-bond donors (Lipinski definition) is 4. The lowest BCUT2D eigenvalue weighted by Crippen LogP contribution is -2.43. The molecule has 11 heteroatoms. The van der Waals surface area contributed by atoms with Crippen molar-refractivity contribution in [1.29, 1.82) is 0 Å². The fourth-order valence-corrected chi connectivity index (χ4v) is 6.60. The van der Waals surface area contributed by atoms with Crippen LogP contribution in [0.2, 0.25) is 0 Å². The molecule has 0 spiro atoms. The molecule has 3 atom stereocenters. The second-order valence-electron chi connectivity index (χ2n) is 12.5. The van der Waals surface area contributed by atoms with Crippen LogP contribution in [-0.4, -0.2) is 62.3 Å². The first-order chi connectivity index (χ1) is 22.9. The van der Waals surface area contributed by atoms with Crippen molar-refractivity contribution in [3.05, 3.63) is 106 Å². The molecule has 6 rings (SSSR count). The first kappa shape index (κ1) is 32.6. The zero-order chi connectivity index (χ0) is 32.8. The third-order valence-electron chi connectivity index (χ3n) is 9.16. The lowest BCUT2D eigenvalue weighted by atomic mass is 9.98. The van der Waals surface area contributed by atoms with E-state index in [-0.39, 0.29) is 49.3 Å². The summed E-state index contributed by atoms with van der Waals surface area (Å²) >= 11 is 0. The van der Waals surface area contributed by atoms with Crippen molar-refractivity contribution in [2.75, 3.05) is 19.6 Å². The molecule has 2 saturated heterocycles. The number of carbonyl (C=O) groups excluding carboxylic acids is 1. The Morgan fingerprint density at radius 2 is 1.60 bits per heavy atom. The molecule has 3 aromatic carbocycles. The normalized spacial score (nSPS) is 20.7. The van der Waals surface area contributed by atoms with Gasteiger partial charge in [0, 0.05) is 57.0 Å². The number of hydrogen-bond acceptors (Lipinski definition) is 7. The Balaban J connectivity index is 1.10. The number of para-hydroxylation sites is 2. The molecule has 47 heavy (non-hydrogen) atoms. The van der Waals surface area contributed by atoms with Gasteiger partial charge in [-0.25, -0.2) is 4.79 Å². The number of amides is 1. The number of imidazole rings is 1. The van der Waals surface area contributed by atoms with E-state index in [1.54, 1.807) is 0 Å². The van der Waals surface area contributed by atoms with Crippen LogP contribution in [0.25, 0.3) is 11.0 Å². The molecule has 0 unspecified atom stereocenters. The number of carboxylic acids is 1. The number of piperidine rings is 1. The molecule has 248 valence electrons. The van der Waals surface area contributed by atoms with Crippen molar-refractivity contribution in [2.45, 2.75) is 76.2 Å². The lowest BCUT2D eigenvalue weighted by molar-refractivity contribution is -0.253. The predicted octanol–water partition coefficient (Wildman–Crippen LogP) is 4.58. The average molecular weight is 643 g/mol. The number of fused-ring (bicyclic) bond motifs is 1. The van der Waals surface area contributed by atoms with Crippen molar-refractivity contribution in [3.63, 3.8) is 0 Å². The molecule has 2 aliphatic rings. The van der Waals surface area contributed by atoms with Crippen LogP contribution in [0.5, 0.6) is 0 Å². The van der Waals surface area contributed by atoms with Gasteiger partial charge in [0.2, 0.25) is 5.91 Å². The molecule has 0 saturated carbocycles. The Hall–Kier alpha value is -4.29. The Morgan fingerprint density at radius 1 is 0.894 bits per heavy atom. The molecule has 4 aromatic rings. The summed E-state index contributed by atoms with van der Waals surface area (Å²) in [5.41, 5.74) is 5.42.